The Morgan fingerprint density at radius 1 is 1.23 bits per heavy atom. The van der Waals surface area contributed by atoms with Gasteiger partial charge >= 0.3 is 0 Å². The molecule has 1 saturated carbocycles. The number of ether oxygens (including phenoxy) is 3. The van der Waals surface area contributed by atoms with Gasteiger partial charge < -0.3 is 24.0 Å². The first kappa shape index (κ1) is 20.0. The summed E-state index contributed by atoms with van der Waals surface area (Å²) < 4.78 is 17.0. The number of nitrogens with zero attached hydrogens (tertiary/aromatic N) is 2. The maximum absolute atomic E-state index is 14.0. The van der Waals surface area contributed by atoms with E-state index in [0.717, 1.165) is 16.8 Å². The molecule has 1 fully saturated rings. The van der Waals surface area contributed by atoms with Gasteiger partial charge in [-0.2, -0.15) is 0 Å². The molecule has 3 aliphatic heterocycles. The highest BCUT2D eigenvalue weighted by molar-refractivity contribution is 6.05. The number of methoxy groups -OCH3 is 2. The number of Topliss-reactive ketones (excluding diaryl/α,β-unsaturated/α-hetero) is 1. The van der Waals surface area contributed by atoms with Crippen LogP contribution < -0.4 is 14.4 Å². The van der Waals surface area contributed by atoms with Crippen molar-refractivity contribution in [3.63, 3.8) is 0 Å². The maximum Gasteiger partial charge on any atom is 0.224 e. The third-order valence-electron chi connectivity index (χ3n) is 7.49. The zero-order valence-corrected chi connectivity index (χ0v) is 18.4. The van der Waals surface area contributed by atoms with Crippen molar-refractivity contribution in [1.29, 1.82) is 0 Å². The summed E-state index contributed by atoms with van der Waals surface area (Å²) in [5.74, 6) is 1.23. The van der Waals surface area contributed by atoms with Crippen LogP contribution in [0.5, 0.6) is 11.5 Å². The molecule has 2 bridgehead atoms. The molecule has 7 heteroatoms. The lowest BCUT2D eigenvalue weighted by atomic mass is 9.57. The molecule has 4 aliphatic rings. The summed E-state index contributed by atoms with van der Waals surface area (Å²) in [6.45, 7) is 2.75. The van der Waals surface area contributed by atoms with E-state index in [1.165, 1.54) is 0 Å². The van der Waals surface area contributed by atoms with Crippen LogP contribution in [0.15, 0.2) is 36.2 Å². The second-order valence-corrected chi connectivity index (χ2v) is 8.92. The quantitative estimate of drug-likeness (QED) is 0.727. The van der Waals surface area contributed by atoms with Gasteiger partial charge in [0.05, 0.1) is 44.2 Å². The lowest BCUT2D eigenvalue weighted by Gasteiger charge is -2.48. The fraction of sp³-hybridized carbons (Fsp3) is 0.500. The van der Waals surface area contributed by atoms with E-state index in [1.807, 2.05) is 30.2 Å². The topological polar surface area (TPSA) is 68.3 Å². The minimum absolute atomic E-state index is 0.00117. The van der Waals surface area contributed by atoms with Crippen molar-refractivity contribution in [1.82, 2.24) is 4.90 Å². The van der Waals surface area contributed by atoms with E-state index in [1.54, 1.807) is 27.4 Å². The number of fused-ring (bicyclic) bond motifs is 3. The minimum atomic E-state index is -0.799. The van der Waals surface area contributed by atoms with Crippen LogP contribution in [0.1, 0.15) is 25.3 Å². The lowest BCUT2D eigenvalue weighted by Crippen LogP contribution is -2.61. The van der Waals surface area contributed by atoms with Crippen molar-refractivity contribution >= 4 is 17.4 Å². The molecule has 0 aromatic heterocycles. The van der Waals surface area contributed by atoms with E-state index < -0.39 is 5.41 Å². The van der Waals surface area contributed by atoms with Crippen LogP contribution >= 0.6 is 0 Å². The van der Waals surface area contributed by atoms with Gasteiger partial charge in [0.2, 0.25) is 5.91 Å². The Labute approximate surface area is 182 Å². The summed E-state index contributed by atoms with van der Waals surface area (Å²) in [4.78, 5) is 31.0. The van der Waals surface area contributed by atoms with Gasteiger partial charge in [0.25, 0.3) is 0 Å². The fourth-order valence-corrected chi connectivity index (χ4v) is 6.17. The van der Waals surface area contributed by atoms with Crippen molar-refractivity contribution < 1.29 is 23.8 Å². The molecule has 3 heterocycles. The molecule has 1 aliphatic carbocycles. The summed E-state index contributed by atoms with van der Waals surface area (Å²) in [5, 5.41) is 0. The highest BCUT2D eigenvalue weighted by Gasteiger charge is 2.64. The summed E-state index contributed by atoms with van der Waals surface area (Å²) in [6, 6.07) is 3.45. The van der Waals surface area contributed by atoms with Gasteiger partial charge in [0, 0.05) is 51.0 Å². The van der Waals surface area contributed by atoms with Crippen LogP contribution in [0.4, 0.5) is 5.69 Å². The molecule has 0 saturated heterocycles. The van der Waals surface area contributed by atoms with Crippen molar-refractivity contribution in [2.45, 2.75) is 31.2 Å². The number of amides is 1. The Kier molecular flexibility index (Phi) is 4.53. The highest BCUT2D eigenvalue weighted by atomic mass is 16.5. The number of anilines is 1. The van der Waals surface area contributed by atoms with Crippen LogP contribution in [0.3, 0.4) is 0 Å². The molecule has 7 nitrogen and oxygen atoms in total. The Bertz CT molecular complexity index is 1020. The molecule has 1 aromatic carbocycles. The van der Waals surface area contributed by atoms with Crippen LogP contribution in [0.25, 0.3) is 0 Å². The Morgan fingerprint density at radius 3 is 2.68 bits per heavy atom. The number of carbonyl (C=O) groups is 2. The average molecular weight is 424 g/mol. The van der Waals surface area contributed by atoms with Gasteiger partial charge in [-0.25, -0.2) is 0 Å². The Morgan fingerprint density at radius 2 is 1.97 bits per heavy atom. The summed E-state index contributed by atoms with van der Waals surface area (Å²) in [7, 11) is 5.21. The fourth-order valence-electron chi connectivity index (χ4n) is 6.17. The standard InChI is InChI=1S/C24H28N2O5/c1-14(27)26-19-11-21(30-4)20(29-3)10-18(19)24-6-7-25(2)12-15-5-8-31-13-17(23(24)26)16(15)9-22(24)28/h5,8,10-12,16-17,23H,6-7,9,13H2,1-4H3/t16-,17+,23+,24-/m1/s1. The first-order valence-corrected chi connectivity index (χ1v) is 10.7. The van der Waals surface area contributed by atoms with Gasteiger partial charge in [-0.05, 0) is 29.7 Å². The molecular weight excluding hydrogens is 396 g/mol. The Hall–Kier alpha value is -2.96. The van der Waals surface area contributed by atoms with E-state index in [2.05, 4.69) is 11.1 Å². The summed E-state index contributed by atoms with van der Waals surface area (Å²) in [6.07, 6.45) is 6.88. The smallest absolute Gasteiger partial charge is 0.224 e. The third kappa shape index (κ3) is 2.65. The number of ketones is 1. The SMILES string of the molecule is COc1cc2c(cc1OC)[C@]13CCN(C)C=C4C=COC[C@@H]([C@@H]4CC1=O)[C@@H]3N2C(C)=O. The number of allylic oxidation sites excluding steroid dienone is 2. The highest BCUT2D eigenvalue weighted by Crippen LogP contribution is 2.59. The van der Waals surface area contributed by atoms with Crippen LogP contribution in [0.2, 0.25) is 0 Å². The number of carbonyl (C=O) groups excluding carboxylic acids is 2. The molecule has 5 rings (SSSR count). The average Bonchev–Trinajstić information content (AvgIpc) is 2.95. The van der Waals surface area contributed by atoms with Crippen molar-refractivity contribution in [2.75, 3.05) is 39.3 Å². The maximum atomic E-state index is 14.0. The number of benzene rings is 1. The minimum Gasteiger partial charge on any atom is -0.501 e. The van der Waals surface area contributed by atoms with Crippen LogP contribution in [-0.4, -0.2) is 57.1 Å². The monoisotopic (exact) mass is 424 g/mol. The number of hydrogen-bond donors (Lipinski definition) is 0. The molecule has 1 spiro atoms. The largest absolute Gasteiger partial charge is 0.501 e. The van der Waals surface area contributed by atoms with Gasteiger partial charge in [0.15, 0.2) is 11.5 Å². The molecule has 0 radical (unpaired) electrons. The first-order chi connectivity index (χ1) is 14.9. The van der Waals surface area contributed by atoms with Crippen LogP contribution in [0, 0.1) is 11.8 Å². The second-order valence-electron chi connectivity index (χ2n) is 8.92. The zero-order chi connectivity index (χ0) is 21.9. The number of rotatable bonds is 2. The molecule has 31 heavy (non-hydrogen) atoms. The van der Waals surface area contributed by atoms with E-state index in [-0.39, 0.29) is 29.6 Å². The van der Waals surface area contributed by atoms with Crippen molar-refractivity contribution in [3.05, 3.63) is 41.8 Å². The van der Waals surface area contributed by atoms with E-state index in [9.17, 15) is 9.59 Å². The second kappa shape index (κ2) is 7.04. The molecular formula is C24H28N2O5. The van der Waals surface area contributed by atoms with Crippen molar-refractivity contribution in [2.24, 2.45) is 11.8 Å². The summed E-state index contributed by atoms with van der Waals surface area (Å²) in [5.41, 5.74) is 1.90. The molecule has 4 atom stereocenters. The van der Waals surface area contributed by atoms with Gasteiger partial charge in [-0.3, -0.25) is 9.59 Å². The molecule has 1 aromatic rings. The predicted octanol–water partition coefficient (Wildman–Crippen LogP) is 2.65. The molecule has 164 valence electrons. The summed E-state index contributed by atoms with van der Waals surface area (Å²) >= 11 is 0. The Balaban J connectivity index is 1.80. The van der Waals surface area contributed by atoms with Gasteiger partial charge in [-0.1, -0.05) is 0 Å². The molecule has 0 unspecified atom stereocenters. The van der Waals surface area contributed by atoms with Gasteiger partial charge in [0.1, 0.15) is 5.78 Å². The van der Waals surface area contributed by atoms with E-state index >= 15 is 0 Å². The third-order valence-corrected chi connectivity index (χ3v) is 7.49. The van der Waals surface area contributed by atoms with E-state index in [4.69, 9.17) is 14.2 Å². The number of hydrogen-bond acceptors (Lipinski definition) is 6. The van der Waals surface area contributed by atoms with Crippen LogP contribution in [-0.2, 0) is 19.7 Å². The lowest BCUT2D eigenvalue weighted by molar-refractivity contribution is -0.131. The molecule has 1 amide bonds. The normalized spacial score (nSPS) is 30.9. The van der Waals surface area contributed by atoms with E-state index in [0.29, 0.717) is 37.5 Å². The zero-order valence-electron chi connectivity index (χ0n) is 18.4. The first-order valence-electron chi connectivity index (χ1n) is 10.7. The van der Waals surface area contributed by atoms with Crippen molar-refractivity contribution in [3.8, 4) is 11.5 Å². The van der Waals surface area contributed by atoms with Gasteiger partial charge in [-0.15, -0.1) is 0 Å². The molecule has 0 N–H and O–H groups in total. The predicted molar refractivity (Wildman–Crippen MR) is 115 cm³/mol.